The SMILES string of the molecule is [B][Si]([B])([B])C(C)=O. The second kappa shape index (κ2) is 1.90. The summed E-state index contributed by atoms with van der Waals surface area (Å²) in [7, 11) is 12.2. The van der Waals surface area contributed by atoms with Crippen LogP contribution in [0.3, 0.4) is 0 Å². The zero-order chi connectivity index (χ0) is 6.08. The molecule has 0 spiro atoms. The average molecular weight is 104 g/mol. The Kier molecular flexibility index (Phi) is 1.93. The minimum Gasteiger partial charge on any atom is -0.308 e. The predicted octanol–water partition coefficient (Wildman–Crippen LogP) is -1.44. The first-order chi connectivity index (χ1) is 2.94. The Morgan fingerprint density at radius 2 is 1.57 bits per heavy atom. The van der Waals surface area contributed by atoms with Crippen LogP contribution in [0.4, 0.5) is 0 Å². The minimum absolute atomic E-state index is 0.285. The third kappa shape index (κ3) is 2.74. The Morgan fingerprint density at radius 1 is 1.43 bits per heavy atom. The molecule has 0 amide bonds. The quantitative estimate of drug-likeness (QED) is 0.372. The Hall–Kier alpha value is 0.0817. The van der Waals surface area contributed by atoms with E-state index in [2.05, 4.69) is 0 Å². The number of rotatable bonds is 1. The van der Waals surface area contributed by atoms with Crippen LogP contribution in [0.1, 0.15) is 6.92 Å². The summed E-state index contributed by atoms with van der Waals surface area (Å²) < 4.78 is 0. The molecular weight excluding hydrogens is 101 g/mol. The van der Waals surface area contributed by atoms with E-state index in [9.17, 15) is 4.79 Å². The highest BCUT2D eigenvalue weighted by molar-refractivity contribution is 7.70. The molecule has 0 aliphatic rings. The molecule has 0 aromatic carbocycles. The predicted molar refractivity (Wildman–Crippen MR) is 33.7 cm³/mol. The van der Waals surface area contributed by atoms with Gasteiger partial charge in [-0.2, -0.15) is 0 Å². The lowest BCUT2D eigenvalue weighted by Crippen LogP contribution is -2.46. The van der Waals surface area contributed by atoms with Gasteiger partial charge >= 0.3 is 0 Å². The van der Waals surface area contributed by atoms with Crippen LogP contribution < -0.4 is 0 Å². The molecular formula is C2H3B3OSi. The molecule has 0 fully saturated rings. The van der Waals surface area contributed by atoms with Crippen LogP contribution in [-0.2, 0) is 4.79 Å². The number of carbonyl (C=O) groups is 1. The van der Waals surface area contributed by atoms with E-state index in [-0.39, 0.29) is 5.41 Å². The van der Waals surface area contributed by atoms with Crippen molar-refractivity contribution in [3.8, 4) is 0 Å². The van der Waals surface area contributed by atoms with E-state index in [1.807, 2.05) is 0 Å². The van der Waals surface area contributed by atoms with Crippen LogP contribution in [0, 0.1) is 0 Å². The summed E-state index contributed by atoms with van der Waals surface area (Å²) in [5.74, 6) is 0. The smallest absolute Gasteiger partial charge is 0.0835 e. The summed E-state index contributed by atoms with van der Waals surface area (Å²) in [6.45, 7) is 1.30. The van der Waals surface area contributed by atoms with E-state index < -0.39 is 7.68 Å². The maximum Gasteiger partial charge on any atom is 0.0835 e. The van der Waals surface area contributed by atoms with Gasteiger partial charge in [0.1, 0.15) is 0 Å². The van der Waals surface area contributed by atoms with E-state index in [0.717, 1.165) is 0 Å². The van der Waals surface area contributed by atoms with Crippen molar-refractivity contribution >= 4 is 35.4 Å². The average Bonchev–Trinajstić information content (AvgIpc) is 1.31. The number of hydrogen-bond donors (Lipinski definition) is 0. The van der Waals surface area contributed by atoms with Crippen LogP contribution in [0.2, 0.25) is 0 Å². The highest BCUT2D eigenvalue weighted by Crippen LogP contribution is 1.81. The van der Waals surface area contributed by atoms with Gasteiger partial charge in [-0.3, -0.25) is 0 Å². The zero-order valence-corrected chi connectivity index (χ0v) is 5.14. The fourth-order valence-corrected chi connectivity index (χ4v) is 0. The summed E-state index contributed by atoms with van der Waals surface area (Å²) in [6, 6.07) is 0. The maximum absolute atomic E-state index is 10.2. The molecule has 0 aliphatic carbocycles. The summed E-state index contributed by atoms with van der Waals surface area (Å²) in [4.78, 5) is 10.2. The van der Waals surface area contributed by atoms with E-state index in [0.29, 0.717) is 0 Å². The van der Waals surface area contributed by atoms with E-state index in [1.54, 1.807) is 0 Å². The van der Waals surface area contributed by atoms with Crippen molar-refractivity contribution in [1.29, 1.82) is 0 Å². The van der Waals surface area contributed by atoms with Gasteiger partial charge < -0.3 is 4.79 Å². The molecule has 0 aromatic heterocycles. The molecule has 0 rings (SSSR count). The molecule has 0 aromatic rings. The molecule has 0 saturated carbocycles. The molecule has 0 N–H and O–H groups in total. The first-order valence-electron chi connectivity index (χ1n) is 1.82. The van der Waals surface area contributed by atoms with Crippen molar-refractivity contribution in [2.75, 3.05) is 0 Å². The van der Waals surface area contributed by atoms with Gasteiger partial charge in [0.25, 0.3) is 0 Å². The summed E-state index contributed by atoms with van der Waals surface area (Å²) >= 11 is 0. The van der Waals surface area contributed by atoms with Gasteiger partial charge in [0.2, 0.25) is 0 Å². The molecule has 0 heterocycles. The normalized spacial score (nSPS) is 11.0. The number of carbonyl (C=O) groups excluding carboxylic acids is 1. The molecule has 5 heteroatoms. The van der Waals surface area contributed by atoms with Gasteiger partial charge in [-0.1, -0.05) is 0 Å². The van der Waals surface area contributed by atoms with Crippen molar-refractivity contribution in [3.05, 3.63) is 0 Å². The lowest BCUT2D eigenvalue weighted by Gasteiger charge is -2.10. The zero-order valence-electron chi connectivity index (χ0n) is 4.14. The van der Waals surface area contributed by atoms with Crippen molar-refractivity contribution < 1.29 is 4.79 Å². The third-order valence-electron chi connectivity index (χ3n) is 0.610. The lowest BCUT2D eigenvalue weighted by atomic mass is 10.6. The third-order valence-corrected chi connectivity index (χ3v) is 1.83. The molecule has 30 valence electrons. The first-order valence-corrected chi connectivity index (χ1v) is 4.05. The second-order valence-corrected chi connectivity index (χ2v) is 4.06. The Morgan fingerprint density at radius 3 is 1.57 bits per heavy atom. The Bertz CT molecular complexity index is 85.4. The molecule has 6 radical (unpaired) electrons. The summed E-state index contributed by atoms with van der Waals surface area (Å²) in [5, 5.41) is -0.285. The molecule has 0 atom stereocenters. The van der Waals surface area contributed by atoms with Crippen molar-refractivity contribution in [3.63, 3.8) is 0 Å². The molecule has 7 heavy (non-hydrogen) atoms. The van der Waals surface area contributed by atoms with Crippen LogP contribution in [0.25, 0.3) is 0 Å². The van der Waals surface area contributed by atoms with E-state index in [1.165, 1.54) is 6.92 Å². The van der Waals surface area contributed by atoms with Crippen LogP contribution in [0.5, 0.6) is 0 Å². The number of hydrogen-bond acceptors (Lipinski definition) is 1. The van der Waals surface area contributed by atoms with Crippen LogP contribution >= 0.6 is 0 Å². The largest absolute Gasteiger partial charge is 0.308 e. The van der Waals surface area contributed by atoms with Gasteiger partial charge in [-0.15, -0.1) is 0 Å². The van der Waals surface area contributed by atoms with Gasteiger partial charge in [-0.05, 0) is 6.92 Å². The molecule has 0 aliphatic heterocycles. The van der Waals surface area contributed by atoms with Crippen molar-refractivity contribution in [1.82, 2.24) is 0 Å². The Labute approximate surface area is 47.9 Å². The molecule has 0 unspecified atom stereocenters. The van der Waals surface area contributed by atoms with E-state index >= 15 is 0 Å². The minimum atomic E-state index is -2.87. The fraction of sp³-hybridized carbons (Fsp3) is 0.500. The monoisotopic (exact) mass is 104 g/mol. The molecule has 1 nitrogen and oxygen atoms in total. The molecule has 0 bridgehead atoms. The highest BCUT2D eigenvalue weighted by Gasteiger charge is 2.15. The van der Waals surface area contributed by atoms with Gasteiger partial charge in [-0.25, -0.2) is 0 Å². The van der Waals surface area contributed by atoms with E-state index in [4.69, 9.17) is 22.3 Å². The second-order valence-electron chi connectivity index (χ2n) is 1.49. The summed E-state index contributed by atoms with van der Waals surface area (Å²) in [6.07, 6.45) is 0. The van der Waals surface area contributed by atoms with Crippen molar-refractivity contribution in [2.45, 2.75) is 6.92 Å². The molecule has 0 saturated heterocycles. The first kappa shape index (κ1) is 7.08. The lowest BCUT2D eigenvalue weighted by molar-refractivity contribution is -0.110. The highest BCUT2D eigenvalue weighted by atomic mass is 28.3. The van der Waals surface area contributed by atoms with Gasteiger partial charge in [0.15, 0.2) is 0 Å². The maximum atomic E-state index is 10.2. The summed E-state index contributed by atoms with van der Waals surface area (Å²) in [5.41, 5.74) is 0. The van der Waals surface area contributed by atoms with Crippen molar-refractivity contribution in [2.24, 2.45) is 0 Å². The standard InChI is InChI=1S/C2H3B3OSi/c1-2(6)7(3,4)5/h1H3. The van der Waals surface area contributed by atoms with Gasteiger partial charge in [0, 0.05) is 30.0 Å². The Balaban J connectivity index is 3.79. The topological polar surface area (TPSA) is 17.1 Å². The van der Waals surface area contributed by atoms with Crippen LogP contribution in [0.15, 0.2) is 0 Å². The van der Waals surface area contributed by atoms with Gasteiger partial charge in [0.05, 0.1) is 5.41 Å². The van der Waals surface area contributed by atoms with Crippen LogP contribution in [-0.4, -0.2) is 35.4 Å². The fourth-order valence-electron chi connectivity index (χ4n) is 0.